The third-order valence-corrected chi connectivity index (χ3v) is 4.93. The molecule has 1 aliphatic rings. The number of hydrogen-bond acceptors (Lipinski definition) is 3. The summed E-state index contributed by atoms with van der Waals surface area (Å²) in [7, 11) is -3.26. The highest BCUT2D eigenvalue weighted by Crippen LogP contribution is 2.19. The van der Waals surface area contributed by atoms with Crippen LogP contribution in [0.1, 0.15) is 12.8 Å². The normalized spacial score (nSPS) is 19.7. The van der Waals surface area contributed by atoms with E-state index in [0.717, 1.165) is 12.3 Å². The van der Waals surface area contributed by atoms with Crippen molar-refractivity contribution >= 4 is 33.3 Å². The largest absolute Gasteiger partial charge is 0.334 e. The summed E-state index contributed by atoms with van der Waals surface area (Å²) in [5.74, 6) is -0.566. The zero-order valence-corrected chi connectivity index (χ0v) is 13.5. The van der Waals surface area contributed by atoms with Gasteiger partial charge in [-0.3, -0.25) is 0 Å². The van der Waals surface area contributed by atoms with Gasteiger partial charge in [0.1, 0.15) is 5.82 Å². The van der Waals surface area contributed by atoms with Gasteiger partial charge in [0.15, 0.2) is 0 Å². The standard InChI is InChI=1S/C13H17ClFN3O3S/c1-22(20,21)18-6-2-3-10(8-18)17-13(19)16-9-4-5-12(15)11(14)7-9/h4-5,7,10H,2-3,6,8H2,1H3,(H2,16,17,19). The molecule has 9 heteroatoms. The van der Waals surface area contributed by atoms with Crippen molar-refractivity contribution in [2.45, 2.75) is 18.9 Å². The highest BCUT2D eigenvalue weighted by atomic mass is 35.5. The highest BCUT2D eigenvalue weighted by molar-refractivity contribution is 7.88. The van der Waals surface area contributed by atoms with Crippen LogP contribution in [0.2, 0.25) is 5.02 Å². The van der Waals surface area contributed by atoms with Crippen LogP contribution < -0.4 is 10.6 Å². The summed E-state index contributed by atoms with van der Waals surface area (Å²) in [4.78, 5) is 11.9. The van der Waals surface area contributed by atoms with E-state index in [9.17, 15) is 17.6 Å². The van der Waals surface area contributed by atoms with Gasteiger partial charge >= 0.3 is 6.03 Å². The Balaban J connectivity index is 1.92. The minimum atomic E-state index is -3.26. The van der Waals surface area contributed by atoms with Crippen LogP contribution in [0, 0.1) is 5.82 Å². The van der Waals surface area contributed by atoms with Gasteiger partial charge in [-0.1, -0.05) is 11.6 Å². The Morgan fingerprint density at radius 1 is 1.45 bits per heavy atom. The maximum absolute atomic E-state index is 13.0. The molecule has 122 valence electrons. The van der Waals surface area contributed by atoms with Gasteiger partial charge in [0, 0.05) is 24.8 Å². The van der Waals surface area contributed by atoms with E-state index in [0.29, 0.717) is 25.1 Å². The summed E-state index contributed by atoms with van der Waals surface area (Å²) in [5.41, 5.74) is 0.361. The smallest absolute Gasteiger partial charge is 0.319 e. The molecule has 1 unspecified atom stereocenters. The third kappa shape index (κ3) is 4.56. The van der Waals surface area contributed by atoms with E-state index in [2.05, 4.69) is 10.6 Å². The number of anilines is 1. The molecule has 0 bridgehead atoms. The molecule has 22 heavy (non-hydrogen) atoms. The number of hydrogen-bond donors (Lipinski definition) is 2. The van der Waals surface area contributed by atoms with Crippen molar-refractivity contribution in [2.75, 3.05) is 24.7 Å². The number of amides is 2. The SMILES string of the molecule is CS(=O)(=O)N1CCCC(NC(=O)Nc2ccc(F)c(Cl)c2)C1. The molecular weight excluding hydrogens is 333 g/mol. The quantitative estimate of drug-likeness (QED) is 0.876. The van der Waals surface area contributed by atoms with Crippen molar-refractivity contribution in [3.05, 3.63) is 29.0 Å². The van der Waals surface area contributed by atoms with Crippen LogP contribution in [0.3, 0.4) is 0 Å². The molecule has 0 aliphatic carbocycles. The molecule has 1 heterocycles. The Morgan fingerprint density at radius 2 is 2.18 bits per heavy atom. The molecule has 1 fully saturated rings. The minimum Gasteiger partial charge on any atom is -0.334 e. The molecule has 1 aliphatic heterocycles. The van der Waals surface area contributed by atoms with Gasteiger partial charge in [-0.05, 0) is 31.0 Å². The van der Waals surface area contributed by atoms with Gasteiger partial charge in [-0.15, -0.1) is 0 Å². The molecule has 0 radical (unpaired) electrons. The molecule has 1 atom stereocenters. The van der Waals surface area contributed by atoms with E-state index in [1.54, 1.807) is 0 Å². The van der Waals surface area contributed by atoms with Crippen LogP contribution >= 0.6 is 11.6 Å². The Hall–Kier alpha value is -1.38. The Morgan fingerprint density at radius 3 is 2.82 bits per heavy atom. The van der Waals surface area contributed by atoms with Crippen molar-refractivity contribution in [1.82, 2.24) is 9.62 Å². The maximum Gasteiger partial charge on any atom is 0.319 e. The first kappa shape index (κ1) is 17.0. The second-order valence-corrected chi connectivity index (χ2v) is 7.58. The van der Waals surface area contributed by atoms with E-state index < -0.39 is 21.9 Å². The summed E-state index contributed by atoms with van der Waals surface area (Å²) in [6.45, 7) is 0.711. The Kier molecular flexibility index (Phi) is 5.25. The predicted octanol–water partition coefficient (Wildman–Crippen LogP) is 2.02. The van der Waals surface area contributed by atoms with Gasteiger partial charge < -0.3 is 10.6 Å². The number of piperidine rings is 1. The fourth-order valence-corrected chi connectivity index (χ4v) is 3.38. The minimum absolute atomic E-state index is 0.0845. The van der Waals surface area contributed by atoms with Crippen molar-refractivity contribution in [1.29, 1.82) is 0 Å². The van der Waals surface area contributed by atoms with Crippen LogP contribution in [-0.4, -0.2) is 44.1 Å². The molecule has 0 aromatic heterocycles. The number of sulfonamides is 1. The maximum atomic E-state index is 13.0. The average molecular weight is 350 g/mol. The van der Waals surface area contributed by atoms with Crippen LogP contribution in [0.5, 0.6) is 0 Å². The second kappa shape index (κ2) is 6.80. The lowest BCUT2D eigenvalue weighted by molar-refractivity contribution is 0.236. The lowest BCUT2D eigenvalue weighted by Gasteiger charge is -2.31. The summed E-state index contributed by atoms with van der Waals surface area (Å²) in [6, 6.07) is 3.11. The summed E-state index contributed by atoms with van der Waals surface area (Å²) in [5, 5.41) is 5.17. The van der Waals surface area contributed by atoms with E-state index in [4.69, 9.17) is 11.6 Å². The summed E-state index contributed by atoms with van der Waals surface area (Å²) >= 11 is 5.64. The third-order valence-electron chi connectivity index (χ3n) is 3.37. The first-order valence-electron chi connectivity index (χ1n) is 6.73. The first-order valence-corrected chi connectivity index (χ1v) is 8.96. The van der Waals surface area contributed by atoms with E-state index in [-0.39, 0.29) is 17.6 Å². The molecule has 2 N–H and O–H groups in total. The Labute approximate surface area is 133 Å². The zero-order chi connectivity index (χ0) is 16.3. The van der Waals surface area contributed by atoms with Crippen LogP contribution in [-0.2, 0) is 10.0 Å². The number of benzene rings is 1. The average Bonchev–Trinajstić information content (AvgIpc) is 2.42. The summed E-state index contributed by atoms with van der Waals surface area (Å²) in [6.07, 6.45) is 2.53. The number of halogens is 2. The first-order chi connectivity index (χ1) is 10.3. The van der Waals surface area contributed by atoms with Crippen LogP contribution in [0.25, 0.3) is 0 Å². The predicted molar refractivity (Wildman–Crippen MR) is 83.0 cm³/mol. The molecule has 1 saturated heterocycles. The number of nitrogens with one attached hydrogen (secondary N) is 2. The highest BCUT2D eigenvalue weighted by Gasteiger charge is 2.26. The fourth-order valence-electron chi connectivity index (χ4n) is 2.29. The molecule has 2 amide bonds. The monoisotopic (exact) mass is 349 g/mol. The van der Waals surface area contributed by atoms with E-state index >= 15 is 0 Å². The molecule has 0 saturated carbocycles. The molecule has 0 spiro atoms. The fraction of sp³-hybridized carbons (Fsp3) is 0.462. The van der Waals surface area contributed by atoms with Gasteiger partial charge in [-0.25, -0.2) is 21.9 Å². The van der Waals surface area contributed by atoms with Crippen molar-refractivity contribution in [2.24, 2.45) is 0 Å². The van der Waals surface area contributed by atoms with Crippen molar-refractivity contribution in [3.8, 4) is 0 Å². The van der Waals surface area contributed by atoms with Gasteiger partial charge in [0.25, 0.3) is 0 Å². The molecular formula is C13H17ClFN3O3S. The van der Waals surface area contributed by atoms with Crippen LogP contribution in [0.15, 0.2) is 18.2 Å². The van der Waals surface area contributed by atoms with Gasteiger partial charge in [0.05, 0.1) is 11.3 Å². The number of urea groups is 1. The number of nitrogens with zero attached hydrogens (tertiary/aromatic N) is 1. The number of carbonyl (C=O) groups excluding carboxylic acids is 1. The topological polar surface area (TPSA) is 78.5 Å². The molecule has 6 nitrogen and oxygen atoms in total. The zero-order valence-electron chi connectivity index (χ0n) is 12.0. The lowest BCUT2D eigenvalue weighted by Crippen LogP contribution is -2.50. The van der Waals surface area contributed by atoms with Crippen LogP contribution in [0.4, 0.5) is 14.9 Å². The van der Waals surface area contributed by atoms with Gasteiger partial charge in [0.2, 0.25) is 10.0 Å². The van der Waals surface area contributed by atoms with Crippen molar-refractivity contribution in [3.63, 3.8) is 0 Å². The molecule has 2 rings (SSSR count). The van der Waals surface area contributed by atoms with Gasteiger partial charge in [-0.2, -0.15) is 0 Å². The Bertz CT molecular complexity index is 668. The summed E-state index contributed by atoms with van der Waals surface area (Å²) < 4.78 is 37.4. The second-order valence-electron chi connectivity index (χ2n) is 5.19. The number of carbonyl (C=O) groups is 1. The van der Waals surface area contributed by atoms with E-state index in [1.165, 1.54) is 16.4 Å². The van der Waals surface area contributed by atoms with Crippen molar-refractivity contribution < 1.29 is 17.6 Å². The molecule has 1 aromatic rings. The number of rotatable bonds is 3. The lowest BCUT2D eigenvalue weighted by atomic mass is 10.1. The molecule has 1 aromatic carbocycles. The van der Waals surface area contributed by atoms with E-state index in [1.807, 2.05) is 0 Å².